The van der Waals surface area contributed by atoms with Crippen LogP contribution in [0.4, 0.5) is 0 Å². The Bertz CT molecular complexity index is 502. The van der Waals surface area contributed by atoms with E-state index in [0.717, 1.165) is 12.8 Å². The highest BCUT2D eigenvalue weighted by Gasteiger charge is 2.51. The van der Waals surface area contributed by atoms with Crippen LogP contribution in [0, 0.1) is 0 Å². The normalized spacial score (nSPS) is 32.6. The number of hydrogen-bond acceptors (Lipinski definition) is 7. The van der Waals surface area contributed by atoms with Crippen molar-refractivity contribution >= 4 is 12.0 Å². The molecule has 0 aromatic carbocycles. The zero-order chi connectivity index (χ0) is 21.8. The highest BCUT2D eigenvalue weighted by Crippen LogP contribution is 2.39. The standard InChI is InChI=1S/C22H42O6S/c1-9-15(4)26-16(5)22(8,10-2)27-17-12-24-20-18(13-25-19(17)20)28-29-21(6,7)11-14(3)23/h14-20,23H,9-13H2,1-8H3. The average Bonchev–Trinajstić information content (AvgIpc) is 3.21. The molecule has 2 heterocycles. The molecule has 0 radical (unpaired) electrons. The van der Waals surface area contributed by atoms with Crippen molar-refractivity contribution in [3.8, 4) is 0 Å². The van der Waals surface area contributed by atoms with E-state index in [1.807, 2.05) is 0 Å². The summed E-state index contributed by atoms with van der Waals surface area (Å²) in [6.45, 7) is 17.5. The molecule has 2 saturated heterocycles. The molecule has 172 valence electrons. The molecular formula is C22H42O6S. The molecule has 2 rings (SSSR count). The molecule has 6 nitrogen and oxygen atoms in total. The van der Waals surface area contributed by atoms with Crippen LogP contribution in [0.3, 0.4) is 0 Å². The molecule has 0 aromatic heterocycles. The summed E-state index contributed by atoms with van der Waals surface area (Å²) in [5, 5.41) is 9.67. The van der Waals surface area contributed by atoms with Gasteiger partial charge < -0.3 is 28.2 Å². The molecule has 0 spiro atoms. The molecule has 0 bridgehead atoms. The summed E-state index contributed by atoms with van der Waals surface area (Å²) in [5.41, 5.74) is -0.400. The minimum absolute atomic E-state index is 0.0215. The molecule has 8 unspecified atom stereocenters. The number of fused-ring (bicyclic) bond motifs is 1. The van der Waals surface area contributed by atoms with Gasteiger partial charge in [-0.05, 0) is 72.8 Å². The quantitative estimate of drug-likeness (QED) is 0.463. The topological polar surface area (TPSA) is 66.4 Å². The van der Waals surface area contributed by atoms with Gasteiger partial charge >= 0.3 is 0 Å². The third-order valence-corrected chi connectivity index (χ3v) is 7.10. The fourth-order valence-electron chi connectivity index (χ4n) is 3.95. The van der Waals surface area contributed by atoms with Gasteiger partial charge in [-0.25, -0.2) is 0 Å². The Balaban J connectivity index is 1.92. The van der Waals surface area contributed by atoms with Crippen LogP contribution in [-0.2, 0) is 23.1 Å². The van der Waals surface area contributed by atoms with E-state index in [-0.39, 0.29) is 47.5 Å². The van der Waals surface area contributed by atoms with Crippen LogP contribution < -0.4 is 0 Å². The van der Waals surface area contributed by atoms with Gasteiger partial charge in [0.2, 0.25) is 0 Å². The summed E-state index contributed by atoms with van der Waals surface area (Å²) >= 11 is 1.41. The summed E-state index contributed by atoms with van der Waals surface area (Å²) in [6.07, 6.45) is 1.81. The molecule has 1 N–H and O–H groups in total. The lowest BCUT2D eigenvalue weighted by Gasteiger charge is -2.38. The fraction of sp³-hybridized carbons (Fsp3) is 1.00. The van der Waals surface area contributed by atoms with Gasteiger partial charge in [-0.15, -0.1) is 0 Å². The maximum atomic E-state index is 9.67. The largest absolute Gasteiger partial charge is 0.393 e. The van der Waals surface area contributed by atoms with Gasteiger partial charge in [0.25, 0.3) is 0 Å². The Kier molecular flexibility index (Phi) is 9.29. The first-order valence-corrected chi connectivity index (χ1v) is 11.8. The zero-order valence-corrected chi connectivity index (χ0v) is 20.3. The number of ether oxygens (including phenoxy) is 4. The fourth-order valence-corrected chi connectivity index (χ4v) is 4.81. The Morgan fingerprint density at radius 3 is 2.17 bits per heavy atom. The van der Waals surface area contributed by atoms with E-state index in [1.54, 1.807) is 6.92 Å². The molecule has 8 atom stereocenters. The summed E-state index contributed by atoms with van der Waals surface area (Å²) < 4.78 is 30.7. The highest BCUT2D eigenvalue weighted by atomic mass is 32.2. The molecule has 2 fully saturated rings. The van der Waals surface area contributed by atoms with Crippen molar-refractivity contribution in [1.82, 2.24) is 0 Å². The predicted octanol–water partition coefficient (Wildman–Crippen LogP) is 4.12. The van der Waals surface area contributed by atoms with Crippen LogP contribution in [0.2, 0.25) is 0 Å². The second kappa shape index (κ2) is 10.6. The molecule has 2 aliphatic rings. The lowest BCUT2D eigenvalue weighted by atomic mass is 9.95. The Hall–Kier alpha value is 0.110. The number of aliphatic hydroxyl groups excluding tert-OH is 1. The van der Waals surface area contributed by atoms with Crippen molar-refractivity contribution in [2.75, 3.05) is 13.2 Å². The Morgan fingerprint density at radius 1 is 1.03 bits per heavy atom. The van der Waals surface area contributed by atoms with E-state index in [9.17, 15) is 5.11 Å². The molecule has 29 heavy (non-hydrogen) atoms. The van der Waals surface area contributed by atoms with Gasteiger partial charge in [0.1, 0.15) is 24.4 Å². The third-order valence-electron chi connectivity index (χ3n) is 6.14. The van der Waals surface area contributed by atoms with Crippen LogP contribution >= 0.6 is 12.0 Å². The lowest BCUT2D eigenvalue weighted by Crippen LogP contribution is -2.48. The van der Waals surface area contributed by atoms with Crippen LogP contribution in [0.1, 0.15) is 74.7 Å². The van der Waals surface area contributed by atoms with Crippen molar-refractivity contribution in [3.63, 3.8) is 0 Å². The van der Waals surface area contributed by atoms with Gasteiger partial charge in [0, 0.05) is 4.75 Å². The second-order valence-electron chi connectivity index (χ2n) is 9.45. The molecule has 2 aliphatic heterocycles. The van der Waals surface area contributed by atoms with Crippen molar-refractivity contribution in [1.29, 1.82) is 0 Å². The summed E-state index contributed by atoms with van der Waals surface area (Å²) in [7, 11) is 0. The van der Waals surface area contributed by atoms with Crippen LogP contribution in [0.5, 0.6) is 0 Å². The van der Waals surface area contributed by atoms with E-state index < -0.39 is 5.60 Å². The van der Waals surface area contributed by atoms with E-state index >= 15 is 0 Å². The summed E-state index contributed by atoms with van der Waals surface area (Å²) in [6, 6.07) is 0. The number of hydrogen-bond donors (Lipinski definition) is 1. The highest BCUT2D eigenvalue weighted by molar-refractivity contribution is 7.96. The van der Waals surface area contributed by atoms with Crippen molar-refractivity contribution in [2.45, 2.75) is 128 Å². The van der Waals surface area contributed by atoms with Gasteiger partial charge in [-0.1, -0.05) is 13.8 Å². The minimum atomic E-state index is -0.400. The van der Waals surface area contributed by atoms with E-state index in [2.05, 4.69) is 48.5 Å². The molecule has 0 aromatic rings. The lowest BCUT2D eigenvalue weighted by molar-refractivity contribution is -0.187. The van der Waals surface area contributed by atoms with Crippen LogP contribution in [-0.4, -0.2) is 71.4 Å². The first-order valence-electron chi connectivity index (χ1n) is 11.1. The van der Waals surface area contributed by atoms with E-state index in [4.69, 9.17) is 23.1 Å². The third kappa shape index (κ3) is 6.79. The van der Waals surface area contributed by atoms with Gasteiger partial charge in [-0.2, -0.15) is 0 Å². The second-order valence-corrected chi connectivity index (χ2v) is 10.9. The monoisotopic (exact) mass is 434 g/mol. The maximum Gasteiger partial charge on any atom is 0.124 e. The molecular weight excluding hydrogens is 392 g/mol. The maximum absolute atomic E-state index is 9.67. The molecule has 0 saturated carbocycles. The number of rotatable bonds is 12. The van der Waals surface area contributed by atoms with Crippen LogP contribution in [0.15, 0.2) is 0 Å². The van der Waals surface area contributed by atoms with E-state index in [0.29, 0.717) is 19.6 Å². The average molecular weight is 435 g/mol. The summed E-state index contributed by atoms with van der Waals surface area (Å²) in [4.78, 5) is 0. The first-order chi connectivity index (χ1) is 13.5. The van der Waals surface area contributed by atoms with Gasteiger partial charge in [0.15, 0.2) is 0 Å². The van der Waals surface area contributed by atoms with E-state index in [1.165, 1.54) is 12.0 Å². The predicted molar refractivity (Wildman–Crippen MR) is 116 cm³/mol. The number of aliphatic hydroxyl groups is 1. The minimum Gasteiger partial charge on any atom is -0.393 e. The zero-order valence-electron chi connectivity index (χ0n) is 19.5. The SMILES string of the molecule is CCC(C)OC(C)C(C)(CC)OC1COC2C(OSC(C)(C)CC(C)O)COC12. The first kappa shape index (κ1) is 25.4. The van der Waals surface area contributed by atoms with Crippen molar-refractivity contribution in [3.05, 3.63) is 0 Å². The molecule has 0 aliphatic carbocycles. The van der Waals surface area contributed by atoms with Crippen molar-refractivity contribution in [2.24, 2.45) is 0 Å². The molecule has 7 heteroatoms. The van der Waals surface area contributed by atoms with Crippen LogP contribution in [0.25, 0.3) is 0 Å². The Labute approximate surface area is 181 Å². The van der Waals surface area contributed by atoms with Gasteiger partial charge in [-0.3, -0.25) is 0 Å². The summed E-state index contributed by atoms with van der Waals surface area (Å²) in [5.74, 6) is 0. The smallest absolute Gasteiger partial charge is 0.124 e. The molecule has 0 amide bonds. The van der Waals surface area contributed by atoms with Gasteiger partial charge in [0.05, 0.1) is 37.1 Å². The Morgan fingerprint density at radius 2 is 1.62 bits per heavy atom. The van der Waals surface area contributed by atoms with Crippen molar-refractivity contribution < 1.29 is 28.2 Å².